The van der Waals surface area contributed by atoms with E-state index in [0.29, 0.717) is 0 Å². The third kappa shape index (κ3) is 9.80. The number of carbonyl (C=O) groups excluding carboxylic acids is 1. The fraction of sp³-hybridized carbons (Fsp3) is 0. The van der Waals surface area contributed by atoms with Crippen LogP contribution in [0, 0.1) is 0 Å². The molecule has 0 aromatic carbocycles. The molecule has 0 radical (unpaired) electrons. The average Bonchev–Trinajstić information content (AvgIpc) is 1.30. The van der Waals surface area contributed by atoms with E-state index in [2.05, 4.69) is 4.52 Å². The van der Waals surface area contributed by atoms with Gasteiger partial charge in [-0.25, -0.2) is 4.57 Å². The molecule has 44 valence electrons. The molecule has 0 amide bonds. The van der Waals surface area contributed by atoms with Gasteiger partial charge in [0.05, 0.1) is 0 Å². The van der Waals surface area contributed by atoms with E-state index in [1.807, 2.05) is 0 Å². The summed E-state index contributed by atoms with van der Waals surface area (Å²) in [6, 6.07) is 0. The van der Waals surface area contributed by atoms with Crippen LogP contribution in [0.25, 0.3) is 0 Å². The fourth-order valence-electron chi connectivity index (χ4n) is 0.0561. The summed E-state index contributed by atoms with van der Waals surface area (Å²) in [5, 5.41) is 0. The summed E-state index contributed by atoms with van der Waals surface area (Å²) in [6.45, 7) is -0.305. The summed E-state index contributed by atoms with van der Waals surface area (Å²) in [7, 11) is -4.53. The van der Waals surface area contributed by atoms with Gasteiger partial charge in [-0.05, 0) is 0 Å². The Balaban J connectivity index is 0. The van der Waals surface area contributed by atoms with Crippen molar-refractivity contribution in [2.24, 2.45) is 0 Å². The molecule has 0 heterocycles. The van der Waals surface area contributed by atoms with Crippen molar-refractivity contribution in [3.63, 3.8) is 0 Å². The Morgan fingerprint density at radius 2 is 1.88 bits per heavy atom. The Morgan fingerprint density at radius 1 is 1.50 bits per heavy atom. The zero-order valence-electron chi connectivity index (χ0n) is 3.14. The van der Waals surface area contributed by atoms with Gasteiger partial charge in [0, 0.05) is 0 Å². The molecule has 0 aliphatic heterocycles. The van der Waals surface area contributed by atoms with Crippen molar-refractivity contribution in [1.29, 1.82) is 0 Å². The Bertz CT molecular complexity index is 105. The van der Waals surface area contributed by atoms with Crippen molar-refractivity contribution in [1.82, 2.24) is 0 Å². The third-order valence-electron chi connectivity index (χ3n) is 0.180. The fourth-order valence-corrected chi connectivity index (χ4v) is 0.168. The van der Waals surface area contributed by atoms with Crippen LogP contribution in [0.2, 0.25) is 0 Å². The standard InChI is InChI=1S/CH3O5P.Na.H/c2-1-6-7(3,4)5;;/h1H,(H2,3,4,5);;. The molecule has 0 saturated carbocycles. The first-order valence-electron chi connectivity index (χ1n) is 1.24. The van der Waals surface area contributed by atoms with Crippen LogP contribution in [0.1, 0.15) is 0 Å². The van der Waals surface area contributed by atoms with Crippen LogP contribution >= 0.6 is 7.82 Å². The monoisotopic (exact) mass is 150 g/mol. The maximum absolute atomic E-state index is 9.47. The van der Waals surface area contributed by atoms with Crippen LogP contribution in [0.4, 0.5) is 0 Å². The summed E-state index contributed by atoms with van der Waals surface area (Å²) in [4.78, 5) is 24.5. The second-order valence-corrected chi connectivity index (χ2v) is 1.88. The predicted molar refractivity (Wildman–Crippen MR) is 26.3 cm³/mol. The van der Waals surface area contributed by atoms with Gasteiger partial charge in [0.2, 0.25) is 0 Å². The van der Waals surface area contributed by atoms with Crippen molar-refractivity contribution in [3.05, 3.63) is 0 Å². The molecule has 0 saturated heterocycles. The molecule has 0 aromatic rings. The van der Waals surface area contributed by atoms with Crippen LogP contribution in [-0.4, -0.2) is 45.8 Å². The predicted octanol–water partition coefficient (Wildman–Crippen LogP) is -1.40. The zero-order valence-corrected chi connectivity index (χ0v) is 4.04. The molecule has 2 N–H and O–H groups in total. The number of hydrogen-bond donors (Lipinski definition) is 2. The topological polar surface area (TPSA) is 83.8 Å². The minimum atomic E-state index is -4.53. The molecular weight excluding hydrogens is 146 g/mol. The molecule has 0 fully saturated rings. The molecule has 0 atom stereocenters. The second kappa shape index (κ2) is 4.49. The maximum atomic E-state index is 9.47. The molecule has 0 aromatic heterocycles. The molecule has 0 aliphatic carbocycles. The van der Waals surface area contributed by atoms with Crippen LogP contribution in [-0.2, 0) is 13.9 Å². The quantitative estimate of drug-likeness (QED) is 0.287. The number of phosphoric ester groups is 1. The Kier molecular flexibility index (Phi) is 6.42. The second-order valence-electron chi connectivity index (χ2n) is 0.692. The normalized spacial score (nSPS) is 9.25. The van der Waals surface area contributed by atoms with Gasteiger partial charge in [0.15, 0.2) is 0 Å². The van der Waals surface area contributed by atoms with E-state index in [1.54, 1.807) is 0 Å². The van der Waals surface area contributed by atoms with Crippen LogP contribution in [0.5, 0.6) is 0 Å². The van der Waals surface area contributed by atoms with Crippen molar-refractivity contribution >= 4 is 43.9 Å². The van der Waals surface area contributed by atoms with Gasteiger partial charge in [-0.2, -0.15) is 0 Å². The zero-order chi connectivity index (χ0) is 5.91. The summed E-state index contributed by atoms with van der Waals surface area (Å²) in [5.41, 5.74) is 0. The SMILES string of the molecule is O=COP(=O)(O)O.[NaH]. The molecule has 0 bridgehead atoms. The van der Waals surface area contributed by atoms with Gasteiger partial charge in [-0.1, -0.05) is 0 Å². The Labute approximate surface area is 67.6 Å². The van der Waals surface area contributed by atoms with Crippen molar-refractivity contribution in [2.45, 2.75) is 0 Å². The molecule has 5 nitrogen and oxygen atoms in total. The van der Waals surface area contributed by atoms with Gasteiger partial charge in [0.1, 0.15) is 0 Å². The average molecular weight is 150 g/mol. The first kappa shape index (κ1) is 11.4. The number of carbonyl (C=O) groups is 1. The number of hydrogen-bond acceptors (Lipinski definition) is 3. The van der Waals surface area contributed by atoms with Crippen LogP contribution in [0.15, 0.2) is 0 Å². The van der Waals surface area contributed by atoms with E-state index in [0.717, 1.165) is 0 Å². The first-order chi connectivity index (χ1) is 3.06. The van der Waals surface area contributed by atoms with E-state index in [9.17, 15) is 4.57 Å². The molecule has 0 unspecified atom stereocenters. The van der Waals surface area contributed by atoms with E-state index < -0.39 is 7.82 Å². The molecule has 7 heteroatoms. The van der Waals surface area contributed by atoms with Crippen LogP contribution < -0.4 is 0 Å². The molecule has 8 heavy (non-hydrogen) atoms. The third-order valence-corrected chi connectivity index (χ3v) is 0.541. The molecule has 0 rings (SSSR count). The van der Waals surface area contributed by atoms with Crippen molar-refractivity contribution < 1.29 is 23.7 Å². The molecule has 0 aliphatic rings. The minimum absolute atomic E-state index is 0. The van der Waals surface area contributed by atoms with E-state index >= 15 is 0 Å². The van der Waals surface area contributed by atoms with Gasteiger partial charge < -0.3 is 4.52 Å². The van der Waals surface area contributed by atoms with Gasteiger partial charge in [-0.3, -0.25) is 14.6 Å². The Hall–Kier alpha value is 0.620. The van der Waals surface area contributed by atoms with Gasteiger partial charge >= 0.3 is 43.9 Å². The van der Waals surface area contributed by atoms with Crippen molar-refractivity contribution in [3.8, 4) is 0 Å². The molecular formula is CH4NaO5P. The van der Waals surface area contributed by atoms with Gasteiger partial charge in [-0.15, -0.1) is 0 Å². The Morgan fingerprint density at radius 3 is 1.88 bits per heavy atom. The van der Waals surface area contributed by atoms with Gasteiger partial charge in [0.25, 0.3) is 0 Å². The summed E-state index contributed by atoms with van der Waals surface area (Å²) in [6.07, 6.45) is 0. The summed E-state index contributed by atoms with van der Waals surface area (Å²) >= 11 is 0. The van der Waals surface area contributed by atoms with Crippen LogP contribution in [0.3, 0.4) is 0 Å². The summed E-state index contributed by atoms with van der Waals surface area (Å²) in [5.74, 6) is 0. The van der Waals surface area contributed by atoms with E-state index in [-0.39, 0.29) is 36.0 Å². The van der Waals surface area contributed by atoms with Crippen molar-refractivity contribution in [2.75, 3.05) is 0 Å². The van der Waals surface area contributed by atoms with E-state index in [4.69, 9.17) is 14.6 Å². The van der Waals surface area contributed by atoms with E-state index in [1.165, 1.54) is 0 Å². The molecule has 0 spiro atoms. The number of rotatable bonds is 2. The number of phosphoric acid groups is 1. The first-order valence-corrected chi connectivity index (χ1v) is 2.77. The summed E-state index contributed by atoms with van der Waals surface area (Å²) < 4.78 is 12.7.